The van der Waals surface area contributed by atoms with E-state index in [0.717, 1.165) is 12.3 Å². The van der Waals surface area contributed by atoms with E-state index in [1.807, 2.05) is 20.9 Å². The summed E-state index contributed by atoms with van der Waals surface area (Å²) in [5.41, 5.74) is 0. The van der Waals surface area contributed by atoms with Crippen LogP contribution in [-0.4, -0.2) is 19.7 Å². The standard InChI is InChI=1S/C10H19NO.C2H6/c1-9(8-11-2)12-10-6-4-3-5-7-10;1-2/h10-11H,1,3-8H2,2H3;1-2H3. The minimum absolute atomic E-state index is 0.444. The Morgan fingerprint density at radius 3 is 2.36 bits per heavy atom. The third-order valence-corrected chi connectivity index (χ3v) is 2.26. The number of ether oxygens (including phenoxy) is 1. The average Bonchev–Trinajstić information content (AvgIpc) is 2.22. The van der Waals surface area contributed by atoms with Crippen molar-refractivity contribution in [1.29, 1.82) is 0 Å². The molecule has 84 valence electrons. The van der Waals surface area contributed by atoms with Crippen molar-refractivity contribution in [1.82, 2.24) is 5.32 Å². The molecule has 0 spiro atoms. The van der Waals surface area contributed by atoms with E-state index in [-0.39, 0.29) is 0 Å². The van der Waals surface area contributed by atoms with Crippen molar-refractivity contribution in [2.75, 3.05) is 13.6 Å². The zero-order valence-corrected chi connectivity index (χ0v) is 9.94. The zero-order valence-electron chi connectivity index (χ0n) is 9.94. The summed E-state index contributed by atoms with van der Waals surface area (Å²) in [6.45, 7) is 8.63. The van der Waals surface area contributed by atoms with Gasteiger partial charge in [-0.1, -0.05) is 26.8 Å². The van der Waals surface area contributed by atoms with Gasteiger partial charge in [-0.05, 0) is 32.7 Å². The maximum atomic E-state index is 5.67. The monoisotopic (exact) mass is 199 g/mol. The summed E-state index contributed by atoms with van der Waals surface area (Å²) < 4.78 is 5.67. The minimum atomic E-state index is 0.444. The van der Waals surface area contributed by atoms with E-state index in [0.29, 0.717) is 6.10 Å². The summed E-state index contributed by atoms with van der Waals surface area (Å²) in [4.78, 5) is 0. The van der Waals surface area contributed by atoms with E-state index >= 15 is 0 Å². The van der Waals surface area contributed by atoms with E-state index in [9.17, 15) is 0 Å². The smallest absolute Gasteiger partial charge is 0.103 e. The largest absolute Gasteiger partial charge is 0.494 e. The fraction of sp³-hybridized carbons (Fsp3) is 0.833. The summed E-state index contributed by atoms with van der Waals surface area (Å²) >= 11 is 0. The van der Waals surface area contributed by atoms with Gasteiger partial charge in [0, 0.05) is 0 Å². The summed E-state index contributed by atoms with van der Waals surface area (Å²) in [6, 6.07) is 0. The van der Waals surface area contributed by atoms with Crippen LogP contribution in [0.25, 0.3) is 0 Å². The highest BCUT2D eigenvalue weighted by atomic mass is 16.5. The highest BCUT2D eigenvalue weighted by Crippen LogP contribution is 2.21. The molecule has 0 atom stereocenters. The van der Waals surface area contributed by atoms with Gasteiger partial charge in [0.05, 0.1) is 12.6 Å². The molecule has 0 heterocycles. The molecule has 1 aliphatic rings. The topological polar surface area (TPSA) is 21.3 Å². The van der Waals surface area contributed by atoms with Gasteiger partial charge < -0.3 is 10.1 Å². The predicted octanol–water partition coefficient (Wildman–Crippen LogP) is 3.10. The molecule has 1 fully saturated rings. The number of nitrogens with one attached hydrogen (secondary N) is 1. The second-order valence-corrected chi connectivity index (χ2v) is 3.45. The lowest BCUT2D eigenvalue weighted by Crippen LogP contribution is -2.20. The molecule has 0 aromatic heterocycles. The predicted molar refractivity (Wildman–Crippen MR) is 62.4 cm³/mol. The Balaban J connectivity index is 0.000000791. The number of hydrogen-bond acceptors (Lipinski definition) is 2. The molecule has 1 rings (SSSR count). The second-order valence-electron chi connectivity index (χ2n) is 3.45. The first kappa shape index (κ1) is 13.5. The summed E-state index contributed by atoms with van der Waals surface area (Å²) in [7, 11) is 1.91. The summed E-state index contributed by atoms with van der Waals surface area (Å²) in [6.07, 6.45) is 6.87. The number of hydrogen-bond donors (Lipinski definition) is 1. The van der Waals surface area contributed by atoms with E-state index in [2.05, 4.69) is 11.9 Å². The Bertz CT molecular complexity index is 139. The van der Waals surface area contributed by atoms with Crippen molar-refractivity contribution in [2.24, 2.45) is 0 Å². The molecule has 0 amide bonds. The quantitative estimate of drug-likeness (QED) is 0.702. The van der Waals surface area contributed by atoms with Crippen molar-refractivity contribution < 1.29 is 4.74 Å². The fourth-order valence-corrected chi connectivity index (χ4v) is 1.66. The Morgan fingerprint density at radius 1 is 1.29 bits per heavy atom. The highest BCUT2D eigenvalue weighted by Gasteiger charge is 2.14. The summed E-state index contributed by atoms with van der Waals surface area (Å²) in [5.74, 6) is 0.879. The molecule has 2 heteroatoms. The maximum absolute atomic E-state index is 5.67. The molecule has 0 saturated heterocycles. The Kier molecular flexibility index (Phi) is 8.75. The first-order chi connectivity index (χ1) is 6.83. The third kappa shape index (κ3) is 6.03. The van der Waals surface area contributed by atoms with E-state index < -0.39 is 0 Å². The molecule has 2 nitrogen and oxygen atoms in total. The van der Waals surface area contributed by atoms with Crippen LogP contribution in [0.3, 0.4) is 0 Å². The number of rotatable bonds is 4. The van der Waals surface area contributed by atoms with Crippen LogP contribution >= 0.6 is 0 Å². The van der Waals surface area contributed by atoms with Crippen LogP contribution < -0.4 is 5.32 Å². The van der Waals surface area contributed by atoms with Gasteiger partial charge in [-0.2, -0.15) is 0 Å². The highest BCUT2D eigenvalue weighted by molar-refractivity contribution is 4.86. The summed E-state index contributed by atoms with van der Waals surface area (Å²) in [5, 5.41) is 3.03. The SMILES string of the molecule is C=C(CNC)OC1CCCCC1.CC. The van der Waals surface area contributed by atoms with Gasteiger partial charge in [-0.25, -0.2) is 0 Å². The lowest BCUT2D eigenvalue weighted by Gasteiger charge is -2.23. The minimum Gasteiger partial charge on any atom is -0.494 e. The van der Waals surface area contributed by atoms with Crippen LogP contribution in [0.15, 0.2) is 12.3 Å². The molecule has 1 N–H and O–H groups in total. The van der Waals surface area contributed by atoms with Gasteiger partial charge in [-0.15, -0.1) is 0 Å². The Hall–Kier alpha value is -0.500. The molecule has 0 radical (unpaired) electrons. The zero-order chi connectivity index (χ0) is 10.8. The molecule has 0 aliphatic heterocycles. The second kappa shape index (κ2) is 9.07. The molecule has 0 bridgehead atoms. The van der Waals surface area contributed by atoms with Gasteiger partial charge in [-0.3, -0.25) is 0 Å². The first-order valence-electron chi connectivity index (χ1n) is 5.82. The van der Waals surface area contributed by atoms with Gasteiger partial charge >= 0.3 is 0 Å². The van der Waals surface area contributed by atoms with E-state index in [1.165, 1.54) is 32.1 Å². The molecule has 0 aromatic carbocycles. The van der Waals surface area contributed by atoms with Crippen molar-refractivity contribution in [3.63, 3.8) is 0 Å². The molecule has 1 aliphatic carbocycles. The number of likely N-dealkylation sites (N-methyl/N-ethyl adjacent to an activating group) is 1. The van der Waals surface area contributed by atoms with E-state index in [1.54, 1.807) is 0 Å². The maximum Gasteiger partial charge on any atom is 0.103 e. The van der Waals surface area contributed by atoms with Crippen molar-refractivity contribution in [3.05, 3.63) is 12.3 Å². The van der Waals surface area contributed by atoms with Gasteiger partial charge in [0.2, 0.25) is 0 Å². The molecule has 1 saturated carbocycles. The van der Waals surface area contributed by atoms with Gasteiger partial charge in [0.25, 0.3) is 0 Å². The van der Waals surface area contributed by atoms with Crippen LogP contribution in [0.2, 0.25) is 0 Å². The van der Waals surface area contributed by atoms with Crippen molar-refractivity contribution >= 4 is 0 Å². The van der Waals surface area contributed by atoms with E-state index in [4.69, 9.17) is 4.74 Å². The Labute approximate surface area is 88.7 Å². The van der Waals surface area contributed by atoms with Crippen molar-refractivity contribution in [2.45, 2.75) is 52.1 Å². The van der Waals surface area contributed by atoms with Gasteiger partial charge in [0.1, 0.15) is 5.76 Å². The molecule has 14 heavy (non-hydrogen) atoms. The van der Waals surface area contributed by atoms with Crippen molar-refractivity contribution in [3.8, 4) is 0 Å². The molecular formula is C12H25NO. The van der Waals surface area contributed by atoms with Gasteiger partial charge in [0.15, 0.2) is 0 Å². The lowest BCUT2D eigenvalue weighted by molar-refractivity contribution is 0.0805. The lowest BCUT2D eigenvalue weighted by atomic mass is 9.98. The third-order valence-electron chi connectivity index (χ3n) is 2.26. The van der Waals surface area contributed by atoms with Crippen LogP contribution in [0.1, 0.15) is 46.0 Å². The fourth-order valence-electron chi connectivity index (χ4n) is 1.66. The molecular weight excluding hydrogens is 174 g/mol. The molecule has 0 unspecified atom stereocenters. The normalized spacial score (nSPS) is 16.8. The first-order valence-corrected chi connectivity index (χ1v) is 5.82. The van der Waals surface area contributed by atoms with Crippen LogP contribution in [0.4, 0.5) is 0 Å². The molecule has 0 aromatic rings. The van der Waals surface area contributed by atoms with Crippen LogP contribution in [0.5, 0.6) is 0 Å². The van der Waals surface area contributed by atoms with Crippen LogP contribution in [0, 0.1) is 0 Å². The van der Waals surface area contributed by atoms with Crippen LogP contribution in [-0.2, 0) is 4.74 Å². The Morgan fingerprint density at radius 2 is 1.86 bits per heavy atom. The average molecular weight is 199 g/mol.